The monoisotopic (exact) mass is 406 g/mol. The van der Waals surface area contributed by atoms with E-state index in [0.29, 0.717) is 21.1 Å². The molecule has 20 heavy (non-hydrogen) atoms. The lowest BCUT2D eigenvalue weighted by molar-refractivity contribution is -0.140. The van der Waals surface area contributed by atoms with E-state index in [-0.39, 0.29) is 5.92 Å². The van der Waals surface area contributed by atoms with Crippen LogP contribution in [0.2, 0.25) is 0 Å². The number of hydrogen-bond acceptors (Lipinski definition) is 2. The number of benzene rings is 1. The van der Waals surface area contributed by atoms with E-state index in [1.54, 1.807) is 19.1 Å². The van der Waals surface area contributed by atoms with Crippen LogP contribution >= 0.6 is 31.9 Å². The van der Waals surface area contributed by atoms with Crippen molar-refractivity contribution >= 4 is 49.5 Å². The van der Waals surface area contributed by atoms with Crippen LogP contribution in [-0.4, -0.2) is 23.1 Å². The molecule has 0 saturated carbocycles. The number of anilines is 1. The summed E-state index contributed by atoms with van der Waals surface area (Å²) < 4.78 is 1.41. The lowest BCUT2D eigenvalue weighted by Crippen LogP contribution is -2.46. The number of carboxylic acid groups (broad SMARTS) is 1. The third-order valence-corrected chi connectivity index (χ3v) is 4.29. The molecule has 110 valence electrons. The molecule has 2 atom stereocenters. The Morgan fingerprint density at radius 3 is 2.30 bits per heavy atom. The fraction of sp³-hybridized carbons (Fsp3) is 0.385. The van der Waals surface area contributed by atoms with Gasteiger partial charge in [-0.05, 0) is 49.9 Å². The molecule has 0 fully saturated rings. The number of urea groups is 1. The first-order valence-corrected chi connectivity index (χ1v) is 7.69. The third-order valence-electron chi connectivity index (χ3n) is 2.97. The van der Waals surface area contributed by atoms with E-state index >= 15 is 0 Å². The van der Waals surface area contributed by atoms with E-state index < -0.39 is 18.0 Å². The first-order chi connectivity index (χ1) is 9.36. The molecule has 0 aliphatic heterocycles. The second-order valence-electron chi connectivity index (χ2n) is 4.40. The van der Waals surface area contributed by atoms with Gasteiger partial charge in [-0.3, -0.25) is 0 Å². The van der Waals surface area contributed by atoms with Crippen molar-refractivity contribution in [3.63, 3.8) is 0 Å². The van der Waals surface area contributed by atoms with Gasteiger partial charge in [0.2, 0.25) is 0 Å². The van der Waals surface area contributed by atoms with Crippen LogP contribution in [0.15, 0.2) is 27.1 Å². The van der Waals surface area contributed by atoms with Crippen molar-refractivity contribution < 1.29 is 14.7 Å². The van der Waals surface area contributed by atoms with Crippen LogP contribution in [0.1, 0.15) is 20.3 Å². The van der Waals surface area contributed by atoms with Gasteiger partial charge in [-0.2, -0.15) is 0 Å². The summed E-state index contributed by atoms with van der Waals surface area (Å²) >= 11 is 6.65. The highest BCUT2D eigenvalue weighted by molar-refractivity contribution is 9.11. The number of aliphatic carboxylic acids is 1. The van der Waals surface area contributed by atoms with Gasteiger partial charge >= 0.3 is 12.0 Å². The Balaban J connectivity index is 2.79. The molecule has 0 saturated heterocycles. The molecule has 0 aliphatic rings. The van der Waals surface area contributed by atoms with Gasteiger partial charge in [0.25, 0.3) is 0 Å². The molecular formula is C13H16Br2N2O3. The first kappa shape index (κ1) is 17.0. The summed E-state index contributed by atoms with van der Waals surface area (Å²) in [5.41, 5.74) is 0.554. The quantitative estimate of drug-likeness (QED) is 0.693. The van der Waals surface area contributed by atoms with Crippen molar-refractivity contribution in [1.82, 2.24) is 5.32 Å². The number of para-hydroxylation sites is 1. The van der Waals surface area contributed by atoms with Crippen LogP contribution in [0.4, 0.5) is 10.5 Å². The first-order valence-electron chi connectivity index (χ1n) is 6.11. The van der Waals surface area contributed by atoms with Gasteiger partial charge in [0.15, 0.2) is 0 Å². The Labute approximate surface area is 134 Å². The smallest absolute Gasteiger partial charge is 0.326 e. The highest BCUT2D eigenvalue weighted by atomic mass is 79.9. The molecule has 7 heteroatoms. The minimum atomic E-state index is -1.04. The zero-order valence-corrected chi connectivity index (χ0v) is 14.3. The van der Waals surface area contributed by atoms with Crippen LogP contribution in [0.5, 0.6) is 0 Å². The van der Waals surface area contributed by atoms with Gasteiger partial charge in [0, 0.05) is 8.95 Å². The zero-order chi connectivity index (χ0) is 15.3. The van der Waals surface area contributed by atoms with Gasteiger partial charge in [-0.1, -0.05) is 26.3 Å². The van der Waals surface area contributed by atoms with Crippen molar-refractivity contribution in [3.8, 4) is 0 Å². The van der Waals surface area contributed by atoms with E-state index in [4.69, 9.17) is 5.11 Å². The average Bonchev–Trinajstić information content (AvgIpc) is 2.39. The Kier molecular flexibility index (Phi) is 6.48. The van der Waals surface area contributed by atoms with Crippen LogP contribution in [0.3, 0.4) is 0 Å². The number of hydrogen-bond donors (Lipinski definition) is 3. The second kappa shape index (κ2) is 7.64. The maximum absolute atomic E-state index is 11.9. The predicted octanol–water partition coefficient (Wildman–Crippen LogP) is 3.83. The SMILES string of the molecule is CCC(C)C(NC(=O)Nc1c(Br)cccc1Br)C(=O)O. The van der Waals surface area contributed by atoms with E-state index in [1.165, 1.54) is 0 Å². The number of carbonyl (C=O) groups excluding carboxylic acids is 1. The summed E-state index contributed by atoms with van der Waals surface area (Å²) in [5, 5.41) is 14.3. The van der Waals surface area contributed by atoms with Gasteiger partial charge in [0.1, 0.15) is 6.04 Å². The molecular weight excluding hydrogens is 392 g/mol. The number of nitrogens with one attached hydrogen (secondary N) is 2. The summed E-state index contributed by atoms with van der Waals surface area (Å²) in [6, 6.07) is 3.91. The number of amides is 2. The summed E-state index contributed by atoms with van der Waals surface area (Å²) in [7, 11) is 0. The summed E-state index contributed by atoms with van der Waals surface area (Å²) in [4.78, 5) is 23.1. The Morgan fingerprint density at radius 2 is 1.85 bits per heavy atom. The van der Waals surface area contributed by atoms with Gasteiger partial charge in [-0.15, -0.1) is 0 Å². The molecule has 2 unspecified atom stereocenters. The van der Waals surface area contributed by atoms with Crippen LogP contribution in [0.25, 0.3) is 0 Å². The Morgan fingerprint density at radius 1 is 1.30 bits per heavy atom. The minimum absolute atomic E-state index is 0.152. The highest BCUT2D eigenvalue weighted by Gasteiger charge is 2.25. The van der Waals surface area contributed by atoms with Gasteiger partial charge < -0.3 is 15.7 Å². The lowest BCUT2D eigenvalue weighted by atomic mass is 9.99. The third kappa shape index (κ3) is 4.49. The molecule has 1 aromatic rings. The van der Waals surface area contributed by atoms with E-state index in [0.717, 1.165) is 0 Å². The molecule has 3 N–H and O–H groups in total. The van der Waals surface area contributed by atoms with Crippen molar-refractivity contribution in [2.24, 2.45) is 5.92 Å². The predicted molar refractivity (Wildman–Crippen MR) is 84.9 cm³/mol. The Bertz CT molecular complexity index is 488. The highest BCUT2D eigenvalue weighted by Crippen LogP contribution is 2.30. The van der Waals surface area contributed by atoms with Gasteiger partial charge in [0.05, 0.1) is 5.69 Å². The van der Waals surface area contributed by atoms with Crippen LogP contribution < -0.4 is 10.6 Å². The molecule has 0 radical (unpaired) electrons. The standard InChI is InChI=1S/C13H16Br2N2O3/c1-3-7(2)10(12(18)19)16-13(20)17-11-8(14)5-4-6-9(11)15/h4-7,10H,3H2,1-2H3,(H,18,19)(H2,16,17,20). The molecule has 2 amide bonds. The minimum Gasteiger partial charge on any atom is -0.480 e. The molecule has 1 aromatic carbocycles. The van der Waals surface area contributed by atoms with Crippen LogP contribution in [0, 0.1) is 5.92 Å². The number of carboxylic acids is 1. The molecule has 0 spiro atoms. The van der Waals surface area contributed by atoms with Crippen molar-refractivity contribution in [2.45, 2.75) is 26.3 Å². The largest absolute Gasteiger partial charge is 0.480 e. The summed E-state index contributed by atoms with van der Waals surface area (Å²) in [6.07, 6.45) is 0.663. The maximum Gasteiger partial charge on any atom is 0.326 e. The molecule has 0 heterocycles. The molecule has 1 rings (SSSR count). The molecule has 0 bridgehead atoms. The summed E-state index contributed by atoms with van der Waals surface area (Å²) in [6.45, 7) is 3.66. The van der Waals surface area contributed by atoms with Crippen molar-refractivity contribution in [3.05, 3.63) is 27.1 Å². The van der Waals surface area contributed by atoms with E-state index in [9.17, 15) is 9.59 Å². The fourth-order valence-corrected chi connectivity index (χ4v) is 2.79. The normalized spacial score (nSPS) is 13.4. The maximum atomic E-state index is 11.9. The Hall–Kier alpha value is -1.08. The number of carbonyl (C=O) groups is 2. The average molecular weight is 408 g/mol. The van der Waals surface area contributed by atoms with E-state index in [1.807, 2.05) is 13.0 Å². The molecule has 0 aliphatic carbocycles. The van der Waals surface area contributed by atoms with Crippen LogP contribution in [-0.2, 0) is 4.79 Å². The number of rotatable bonds is 5. The van der Waals surface area contributed by atoms with E-state index in [2.05, 4.69) is 42.5 Å². The topological polar surface area (TPSA) is 78.4 Å². The van der Waals surface area contributed by atoms with Crippen molar-refractivity contribution in [1.29, 1.82) is 0 Å². The molecule has 0 aromatic heterocycles. The van der Waals surface area contributed by atoms with Crippen molar-refractivity contribution in [2.75, 3.05) is 5.32 Å². The zero-order valence-electron chi connectivity index (χ0n) is 11.1. The number of halogens is 2. The lowest BCUT2D eigenvalue weighted by Gasteiger charge is -2.20. The summed E-state index contributed by atoms with van der Waals surface area (Å²) in [5.74, 6) is -1.19. The molecule has 5 nitrogen and oxygen atoms in total. The van der Waals surface area contributed by atoms with Gasteiger partial charge in [-0.25, -0.2) is 9.59 Å². The second-order valence-corrected chi connectivity index (χ2v) is 6.11. The fourth-order valence-electron chi connectivity index (χ4n) is 1.59.